The number of benzene rings is 1. The van der Waals surface area contributed by atoms with Crippen molar-refractivity contribution >= 4 is 22.8 Å². The van der Waals surface area contributed by atoms with E-state index >= 15 is 0 Å². The summed E-state index contributed by atoms with van der Waals surface area (Å²) in [5.74, 6) is 1.10. The summed E-state index contributed by atoms with van der Waals surface area (Å²) in [6.07, 6.45) is 5.13. The Kier molecular flexibility index (Phi) is 5.67. The van der Waals surface area contributed by atoms with Gasteiger partial charge in [0.15, 0.2) is 5.65 Å². The van der Waals surface area contributed by atoms with Gasteiger partial charge in [0, 0.05) is 44.1 Å². The molecule has 35 heavy (non-hydrogen) atoms. The molecular weight excluding hydrogens is 442 g/mol. The van der Waals surface area contributed by atoms with E-state index in [4.69, 9.17) is 0 Å². The number of hydrogen-bond acceptors (Lipinski definition) is 7. The van der Waals surface area contributed by atoms with Crippen molar-refractivity contribution < 1.29 is 9.90 Å². The van der Waals surface area contributed by atoms with Crippen molar-refractivity contribution in [3.63, 3.8) is 0 Å². The predicted octanol–water partition coefficient (Wildman–Crippen LogP) is 2.77. The van der Waals surface area contributed by atoms with Crippen LogP contribution in [0.15, 0.2) is 61.2 Å². The molecule has 0 spiro atoms. The Morgan fingerprint density at radius 2 is 1.80 bits per heavy atom. The van der Waals surface area contributed by atoms with Crippen LogP contribution in [0.5, 0.6) is 0 Å². The zero-order valence-electron chi connectivity index (χ0n) is 19.6. The van der Waals surface area contributed by atoms with Gasteiger partial charge in [0.05, 0.1) is 17.0 Å². The first-order valence-corrected chi connectivity index (χ1v) is 11.4. The number of nitrogens with zero attached hydrogens (tertiary/aromatic N) is 7. The molecule has 0 radical (unpaired) electrons. The number of aromatic nitrogens is 4. The van der Waals surface area contributed by atoms with E-state index in [-0.39, 0.29) is 5.91 Å². The molecule has 4 aromatic rings. The molecule has 1 amide bonds. The van der Waals surface area contributed by atoms with Crippen molar-refractivity contribution in [1.82, 2.24) is 24.4 Å². The van der Waals surface area contributed by atoms with Crippen LogP contribution in [0.3, 0.4) is 0 Å². The molecule has 5 rings (SSSR count). The summed E-state index contributed by atoms with van der Waals surface area (Å²) in [4.78, 5) is 30.1. The topological polar surface area (TPSA) is 111 Å². The zero-order chi connectivity index (χ0) is 24.6. The van der Waals surface area contributed by atoms with E-state index in [1.165, 1.54) is 20.2 Å². The third-order valence-corrected chi connectivity index (χ3v) is 6.16. The average molecular weight is 468 g/mol. The lowest BCUT2D eigenvalue weighted by atomic mass is 10.1. The van der Waals surface area contributed by atoms with E-state index < -0.39 is 5.60 Å². The molecule has 1 aliphatic heterocycles. The van der Waals surface area contributed by atoms with Crippen LogP contribution in [0, 0.1) is 11.3 Å². The van der Waals surface area contributed by atoms with Crippen LogP contribution in [-0.4, -0.2) is 67.2 Å². The minimum absolute atomic E-state index is 0.274. The van der Waals surface area contributed by atoms with Crippen molar-refractivity contribution in [2.75, 3.05) is 31.1 Å². The number of anilines is 1. The lowest BCUT2D eigenvalue weighted by molar-refractivity contribution is -0.148. The summed E-state index contributed by atoms with van der Waals surface area (Å²) in [5, 5.41) is 20.4. The second kappa shape index (κ2) is 8.81. The van der Waals surface area contributed by atoms with Crippen molar-refractivity contribution in [1.29, 1.82) is 5.26 Å². The van der Waals surface area contributed by atoms with Gasteiger partial charge in [-0.1, -0.05) is 30.3 Å². The van der Waals surface area contributed by atoms with E-state index in [1.807, 2.05) is 41.1 Å². The molecule has 1 aliphatic rings. The highest BCUT2D eigenvalue weighted by Gasteiger charge is 2.32. The summed E-state index contributed by atoms with van der Waals surface area (Å²) in [6, 6.07) is 15.6. The minimum Gasteiger partial charge on any atom is -0.381 e. The number of piperazine rings is 1. The van der Waals surface area contributed by atoms with E-state index in [2.05, 4.69) is 25.9 Å². The number of rotatable bonds is 4. The van der Waals surface area contributed by atoms with E-state index in [9.17, 15) is 15.2 Å². The first-order chi connectivity index (χ1) is 16.9. The van der Waals surface area contributed by atoms with Crippen LogP contribution in [0.1, 0.15) is 19.4 Å². The number of carbonyl (C=O) groups is 1. The van der Waals surface area contributed by atoms with E-state index in [0.29, 0.717) is 43.2 Å². The molecular formula is C26H25N7O2. The Labute approximate surface area is 202 Å². The van der Waals surface area contributed by atoms with Crippen molar-refractivity contribution in [2.24, 2.45) is 0 Å². The Bertz CT molecular complexity index is 1430. The van der Waals surface area contributed by atoms with Gasteiger partial charge in [-0.05, 0) is 31.5 Å². The van der Waals surface area contributed by atoms with Gasteiger partial charge in [0.25, 0.3) is 5.91 Å². The fourth-order valence-corrected chi connectivity index (χ4v) is 4.42. The predicted molar refractivity (Wildman–Crippen MR) is 132 cm³/mol. The maximum Gasteiger partial charge on any atom is 0.254 e. The number of pyridine rings is 1. The molecule has 1 aromatic carbocycles. The molecule has 0 saturated carbocycles. The van der Waals surface area contributed by atoms with E-state index in [1.54, 1.807) is 23.2 Å². The molecule has 0 bridgehead atoms. The lowest BCUT2D eigenvalue weighted by Crippen LogP contribution is -2.54. The largest absolute Gasteiger partial charge is 0.381 e. The number of fused-ring (bicyclic) bond motifs is 1. The molecule has 1 fully saturated rings. The summed E-state index contributed by atoms with van der Waals surface area (Å²) in [5.41, 5.74) is 1.77. The maximum atomic E-state index is 12.5. The molecule has 1 N–H and O–H groups in total. The normalized spacial score (nSPS) is 14.2. The second-order valence-electron chi connectivity index (χ2n) is 9.03. The molecule has 0 aliphatic carbocycles. The Hall–Kier alpha value is -4.29. The highest BCUT2D eigenvalue weighted by atomic mass is 16.3. The summed E-state index contributed by atoms with van der Waals surface area (Å²) in [6.45, 7) is 5.16. The number of nitriles is 1. The van der Waals surface area contributed by atoms with Gasteiger partial charge in [0.2, 0.25) is 0 Å². The first-order valence-electron chi connectivity index (χ1n) is 11.4. The summed E-state index contributed by atoms with van der Waals surface area (Å²) >= 11 is 0. The summed E-state index contributed by atoms with van der Waals surface area (Å²) < 4.78 is 1.89. The fraction of sp³-hybridized carbons (Fsp3) is 0.269. The van der Waals surface area contributed by atoms with Gasteiger partial charge >= 0.3 is 0 Å². The SMILES string of the molecule is CC(C)(O)C(=O)N1CCN(c2ncnc3c2c(-c2ccccc2)cn3-c2cc(C#N)ccn2)CC1. The van der Waals surface area contributed by atoms with Gasteiger partial charge in [-0.3, -0.25) is 9.36 Å². The van der Waals surface area contributed by atoms with Crippen molar-refractivity contribution in [2.45, 2.75) is 19.4 Å². The molecule has 1 saturated heterocycles. The van der Waals surface area contributed by atoms with Gasteiger partial charge in [-0.2, -0.15) is 5.26 Å². The Balaban J connectivity index is 1.60. The quantitative estimate of drug-likeness (QED) is 0.491. The van der Waals surface area contributed by atoms with Gasteiger partial charge < -0.3 is 14.9 Å². The standard InChI is InChI=1S/C26H25N7O2/c1-26(2,35)25(34)32-12-10-31(11-13-32)23-22-20(19-6-4-3-5-7-19)16-33(24(22)30-17-29-23)21-14-18(15-27)8-9-28-21/h3-9,14,16-17,35H,10-13H2,1-2H3. The Morgan fingerprint density at radius 1 is 1.06 bits per heavy atom. The lowest BCUT2D eigenvalue weighted by Gasteiger charge is -2.37. The first kappa shape index (κ1) is 22.5. The molecule has 0 unspecified atom stereocenters. The highest BCUT2D eigenvalue weighted by Crippen LogP contribution is 2.36. The highest BCUT2D eigenvalue weighted by molar-refractivity contribution is 6.02. The summed E-state index contributed by atoms with van der Waals surface area (Å²) in [7, 11) is 0. The monoisotopic (exact) mass is 467 g/mol. The zero-order valence-corrected chi connectivity index (χ0v) is 19.6. The van der Waals surface area contributed by atoms with Crippen LogP contribution in [0.4, 0.5) is 5.82 Å². The van der Waals surface area contributed by atoms with Crippen LogP contribution >= 0.6 is 0 Å². The van der Waals surface area contributed by atoms with Crippen LogP contribution < -0.4 is 4.90 Å². The number of aliphatic hydroxyl groups is 1. The fourth-order valence-electron chi connectivity index (χ4n) is 4.42. The average Bonchev–Trinajstić information content (AvgIpc) is 3.28. The molecule has 176 valence electrons. The van der Waals surface area contributed by atoms with Gasteiger partial charge in [-0.15, -0.1) is 0 Å². The smallest absolute Gasteiger partial charge is 0.254 e. The molecule has 9 nitrogen and oxygen atoms in total. The third kappa shape index (κ3) is 4.20. The van der Waals surface area contributed by atoms with Crippen LogP contribution in [0.25, 0.3) is 28.0 Å². The van der Waals surface area contributed by atoms with Crippen molar-refractivity contribution in [3.8, 4) is 23.0 Å². The number of carbonyl (C=O) groups excluding carboxylic acids is 1. The van der Waals surface area contributed by atoms with Crippen LogP contribution in [0.2, 0.25) is 0 Å². The molecule has 0 atom stereocenters. The molecule has 9 heteroatoms. The third-order valence-electron chi connectivity index (χ3n) is 6.16. The molecule has 4 heterocycles. The minimum atomic E-state index is -1.40. The van der Waals surface area contributed by atoms with Crippen molar-refractivity contribution in [3.05, 3.63) is 66.7 Å². The number of amides is 1. The van der Waals surface area contributed by atoms with Gasteiger partial charge in [0.1, 0.15) is 23.6 Å². The number of hydrogen-bond donors (Lipinski definition) is 1. The molecule has 3 aromatic heterocycles. The maximum absolute atomic E-state index is 12.5. The van der Waals surface area contributed by atoms with E-state index in [0.717, 1.165) is 22.3 Å². The van der Waals surface area contributed by atoms with Crippen LogP contribution in [-0.2, 0) is 4.79 Å². The Morgan fingerprint density at radius 3 is 2.49 bits per heavy atom. The van der Waals surface area contributed by atoms with Gasteiger partial charge in [-0.25, -0.2) is 15.0 Å². The second-order valence-corrected chi connectivity index (χ2v) is 9.03.